The number of benzene rings is 1. The molecule has 1 atom stereocenters. The monoisotopic (exact) mass is 336 g/mol. The van der Waals surface area contributed by atoms with E-state index < -0.39 is 11.5 Å². The van der Waals surface area contributed by atoms with Gasteiger partial charge in [-0.15, -0.1) is 0 Å². The maximum absolute atomic E-state index is 12.6. The number of anilines is 1. The number of halogens is 1. The molecule has 1 heterocycles. The van der Waals surface area contributed by atoms with Gasteiger partial charge in [0, 0.05) is 17.3 Å². The molecule has 1 aromatic carbocycles. The third-order valence-corrected chi connectivity index (χ3v) is 5.13. The maximum Gasteiger partial charge on any atom is 0.239 e. The van der Waals surface area contributed by atoms with Crippen molar-refractivity contribution in [3.05, 3.63) is 29.3 Å². The second-order valence-electron chi connectivity index (χ2n) is 6.45. The zero-order valence-electron chi connectivity index (χ0n) is 12.9. The van der Waals surface area contributed by atoms with E-state index in [1.165, 1.54) is 0 Å². The lowest BCUT2D eigenvalue weighted by molar-refractivity contribution is -0.133. The Kier molecular flexibility index (Phi) is 4.60. The number of aliphatic hydroxyl groups is 1. The predicted molar refractivity (Wildman–Crippen MR) is 88.3 cm³/mol. The Hall–Kier alpha value is -1.59. The molecule has 1 aliphatic carbocycles. The predicted octanol–water partition coefficient (Wildman–Crippen LogP) is 2.11. The quantitative estimate of drug-likeness (QED) is 0.827. The highest BCUT2D eigenvalue weighted by molar-refractivity contribution is 6.31. The maximum atomic E-state index is 12.6. The molecule has 23 heavy (non-hydrogen) atoms. The number of hydrogen-bond acceptors (Lipinski definition) is 3. The van der Waals surface area contributed by atoms with Crippen LogP contribution in [0.25, 0.3) is 0 Å². The van der Waals surface area contributed by atoms with Gasteiger partial charge in [-0.1, -0.05) is 30.5 Å². The van der Waals surface area contributed by atoms with Crippen LogP contribution in [0.3, 0.4) is 0 Å². The Labute approximate surface area is 140 Å². The zero-order chi connectivity index (χ0) is 16.4. The molecule has 2 aliphatic rings. The molecule has 2 amide bonds. The van der Waals surface area contributed by atoms with Crippen molar-refractivity contribution >= 4 is 29.1 Å². The summed E-state index contributed by atoms with van der Waals surface area (Å²) in [6, 6.07) is 7.08. The van der Waals surface area contributed by atoms with E-state index in [2.05, 4.69) is 5.32 Å². The van der Waals surface area contributed by atoms with Crippen LogP contribution in [0, 0.1) is 5.92 Å². The average molecular weight is 337 g/mol. The van der Waals surface area contributed by atoms with Crippen LogP contribution >= 0.6 is 11.6 Å². The summed E-state index contributed by atoms with van der Waals surface area (Å²) in [5.41, 5.74) is 0.177. The van der Waals surface area contributed by atoms with Gasteiger partial charge in [0.1, 0.15) is 5.92 Å². The fourth-order valence-corrected chi connectivity index (χ4v) is 3.73. The SMILES string of the molecule is O=C(NC1(CO)CCCC1)C1CCN(c2cccc(Cl)c2)C1=O. The van der Waals surface area contributed by atoms with E-state index in [9.17, 15) is 14.7 Å². The molecule has 0 radical (unpaired) electrons. The largest absolute Gasteiger partial charge is 0.394 e. The first-order valence-electron chi connectivity index (χ1n) is 8.04. The molecule has 2 N–H and O–H groups in total. The van der Waals surface area contributed by atoms with Crippen LogP contribution in [0.1, 0.15) is 32.1 Å². The zero-order valence-corrected chi connectivity index (χ0v) is 13.7. The molecule has 5 nitrogen and oxygen atoms in total. The average Bonchev–Trinajstić information content (AvgIpc) is 3.14. The standard InChI is InChI=1S/C17H21ClN2O3/c18-12-4-3-5-13(10-12)20-9-6-14(16(20)23)15(22)19-17(11-21)7-1-2-8-17/h3-5,10,14,21H,1-2,6-9,11H2,(H,19,22). The third-order valence-electron chi connectivity index (χ3n) is 4.89. The fourth-order valence-electron chi connectivity index (χ4n) is 3.55. The summed E-state index contributed by atoms with van der Waals surface area (Å²) in [6.07, 6.45) is 4.02. The van der Waals surface area contributed by atoms with Crippen LogP contribution in [0.5, 0.6) is 0 Å². The van der Waals surface area contributed by atoms with Crippen LogP contribution < -0.4 is 10.2 Å². The number of amides is 2. The molecule has 1 saturated carbocycles. The van der Waals surface area contributed by atoms with Gasteiger partial charge in [0.05, 0.1) is 12.1 Å². The molecule has 1 saturated heterocycles. The van der Waals surface area contributed by atoms with Gasteiger partial charge in [0.25, 0.3) is 0 Å². The molecule has 0 spiro atoms. The first-order valence-corrected chi connectivity index (χ1v) is 8.42. The first-order chi connectivity index (χ1) is 11.0. The molecule has 6 heteroatoms. The van der Waals surface area contributed by atoms with Crippen LogP contribution in [-0.4, -0.2) is 35.6 Å². The van der Waals surface area contributed by atoms with Gasteiger partial charge in [-0.2, -0.15) is 0 Å². The van der Waals surface area contributed by atoms with E-state index >= 15 is 0 Å². The molecular weight excluding hydrogens is 316 g/mol. The number of nitrogens with one attached hydrogen (secondary N) is 1. The van der Waals surface area contributed by atoms with Crippen molar-refractivity contribution in [3.8, 4) is 0 Å². The number of rotatable bonds is 4. The second kappa shape index (κ2) is 6.49. The van der Waals surface area contributed by atoms with E-state index in [1.54, 1.807) is 23.1 Å². The van der Waals surface area contributed by atoms with Crippen molar-refractivity contribution in [1.82, 2.24) is 5.32 Å². The summed E-state index contributed by atoms with van der Waals surface area (Å²) in [5, 5.41) is 13.1. The summed E-state index contributed by atoms with van der Waals surface area (Å²) in [4.78, 5) is 26.7. The summed E-state index contributed by atoms with van der Waals surface area (Å²) < 4.78 is 0. The molecule has 2 fully saturated rings. The Balaban J connectivity index is 1.70. The van der Waals surface area contributed by atoms with Crippen molar-refractivity contribution in [2.24, 2.45) is 5.92 Å². The van der Waals surface area contributed by atoms with E-state index in [-0.39, 0.29) is 18.4 Å². The highest BCUT2D eigenvalue weighted by atomic mass is 35.5. The summed E-state index contributed by atoms with van der Waals surface area (Å²) in [7, 11) is 0. The van der Waals surface area contributed by atoms with Gasteiger partial charge >= 0.3 is 0 Å². The summed E-state index contributed by atoms with van der Waals surface area (Å²) in [5.74, 6) is -1.15. The fraction of sp³-hybridized carbons (Fsp3) is 0.529. The van der Waals surface area contributed by atoms with Crippen LogP contribution in [0.2, 0.25) is 5.02 Å². The molecule has 124 valence electrons. The highest BCUT2D eigenvalue weighted by Crippen LogP contribution is 2.31. The highest BCUT2D eigenvalue weighted by Gasteiger charge is 2.42. The molecular formula is C17H21ClN2O3. The minimum Gasteiger partial charge on any atom is -0.394 e. The second-order valence-corrected chi connectivity index (χ2v) is 6.88. The van der Waals surface area contributed by atoms with Crippen molar-refractivity contribution < 1.29 is 14.7 Å². The van der Waals surface area contributed by atoms with Gasteiger partial charge < -0.3 is 15.3 Å². The summed E-state index contributed by atoms with van der Waals surface area (Å²) in [6.45, 7) is 0.432. The van der Waals surface area contributed by atoms with Crippen molar-refractivity contribution in [3.63, 3.8) is 0 Å². The Morgan fingerprint density at radius 3 is 2.78 bits per heavy atom. The summed E-state index contributed by atoms with van der Waals surface area (Å²) >= 11 is 5.98. The normalized spacial score (nSPS) is 23.3. The third kappa shape index (κ3) is 3.21. The minimum absolute atomic E-state index is 0.0718. The van der Waals surface area contributed by atoms with Gasteiger partial charge in [-0.05, 0) is 37.5 Å². The molecule has 0 bridgehead atoms. The number of carbonyl (C=O) groups is 2. The molecule has 1 aliphatic heterocycles. The Morgan fingerprint density at radius 1 is 1.39 bits per heavy atom. The van der Waals surface area contributed by atoms with E-state index in [4.69, 9.17) is 11.6 Å². The minimum atomic E-state index is -0.682. The van der Waals surface area contributed by atoms with Gasteiger partial charge in [-0.25, -0.2) is 0 Å². The van der Waals surface area contributed by atoms with Crippen molar-refractivity contribution in [2.45, 2.75) is 37.6 Å². The van der Waals surface area contributed by atoms with E-state index in [1.807, 2.05) is 6.07 Å². The molecule has 1 unspecified atom stereocenters. The Morgan fingerprint density at radius 2 is 2.13 bits per heavy atom. The van der Waals surface area contributed by atoms with Crippen LogP contribution in [0.15, 0.2) is 24.3 Å². The van der Waals surface area contributed by atoms with Gasteiger partial charge in [0.15, 0.2) is 0 Å². The van der Waals surface area contributed by atoms with Gasteiger partial charge in [-0.3, -0.25) is 9.59 Å². The molecule has 3 rings (SSSR count). The lowest BCUT2D eigenvalue weighted by atomic mass is 9.96. The number of hydrogen-bond donors (Lipinski definition) is 2. The van der Waals surface area contributed by atoms with Gasteiger partial charge in [0.2, 0.25) is 11.8 Å². The number of carbonyl (C=O) groups excluding carboxylic acids is 2. The smallest absolute Gasteiger partial charge is 0.239 e. The van der Waals surface area contributed by atoms with E-state index in [0.29, 0.717) is 18.0 Å². The first kappa shape index (κ1) is 16.3. The molecule has 0 aromatic heterocycles. The number of nitrogens with zero attached hydrogens (tertiary/aromatic N) is 1. The van der Waals surface area contributed by atoms with E-state index in [0.717, 1.165) is 31.4 Å². The van der Waals surface area contributed by atoms with Crippen LogP contribution in [-0.2, 0) is 9.59 Å². The lowest BCUT2D eigenvalue weighted by Crippen LogP contribution is -2.52. The Bertz CT molecular complexity index is 614. The topological polar surface area (TPSA) is 69.6 Å². The lowest BCUT2D eigenvalue weighted by Gasteiger charge is -2.29. The van der Waals surface area contributed by atoms with Crippen LogP contribution in [0.4, 0.5) is 5.69 Å². The van der Waals surface area contributed by atoms with Crippen molar-refractivity contribution in [2.75, 3.05) is 18.1 Å². The number of aliphatic hydroxyl groups excluding tert-OH is 1. The van der Waals surface area contributed by atoms with Crippen molar-refractivity contribution in [1.29, 1.82) is 0 Å². The molecule has 1 aromatic rings.